The molecule has 0 bridgehead atoms. The Bertz CT molecular complexity index is 907. The predicted octanol–water partition coefficient (Wildman–Crippen LogP) is 3.64. The highest BCUT2D eigenvalue weighted by Gasteiger charge is 2.20. The summed E-state index contributed by atoms with van der Waals surface area (Å²) in [6.07, 6.45) is 3.34. The van der Waals surface area contributed by atoms with Crippen LogP contribution in [-0.4, -0.2) is 39.3 Å². The Balaban J connectivity index is 1.97. The number of amides is 1. The van der Waals surface area contributed by atoms with Crippen LogP contribution >= 0.6 is 0 Å². The van der Waals surface area contributed by atoms with Gasteiger partial charge in [0.2, 0.25) is 15.9 Å². The van der Waals surface area contributed by atoms with Gasteiger partial charge in [0.1, 0.15) is 0 Å². The van der Waals surface area contributed by atoms with E-state index in [9.17, 15) is 13.2 Å². The Morgan fingerprint density at radius 1 is 1.04 bits per heavy atom. The largest absolute Gasteiger partial charge is 0.376 e. The van der Waals surface area contributed by atoms with E-state index in [0.717, 1.165) is 24.9 Å². The minimum absolute atomic E-state index is 0.0437. The van der Waals surface area contributed by atoms with Crippen molar-refractivity contribution in [3.05, 3.63) is 53.6 Å². The molecular formula is C21H29N3O3S. The second kappa shape index (κ2) is 9.71. The van der Waals surface area contributed by atoms with Crippen LogP contribution in [0, 0.1) is 6.92 Å². The number of carbonyl (C=O) groups is 1. The number of aryl methyl sites for hydroxylation is 2. The Kier molecular flexibility index (Phi) is 7.60. The van der Waals surface area contributed by atoms with E-state index < -0.39 is 10.0 Å². The molecule has 0 aromatic heterocycles. The van der Waals surface area contributed by atoms with E-state index in [1.165, 1.54) is 24.0 Å². The Labute approximate surface area is 168 Å². The maximum Gasteiger partial charge on any atom is 0.243 e. The van der Waals surface area contributed by atoms with Gasteiger partial charge in [-0.1, -0.05) is 31.5 Å². The van der Waals surface area contributed by atoms with Gasteiger partial charge in [0.25, 0.3) is 0 Å². The first-order valence-electron chi connectivity index (χ1n) is 9.40. The molecule has 0 heterocycles. The van der Waals surface area contributed by atoms with Crippen molar-refractivity contribution in [1.29, 1.82) is 0 Å². The lowest BCUT2D eigenvalue weighted by Gasteiger charge is -2.15. The summed E-state index contributed by atoms with van der Waals surface area (Å²) in [7, 11) is -0.544. The molecule has 7 heteroatoms. The Morgan fingerprint density at radius 3 is 2.29 bits per heavy atom. The molecule has 0 spiro atoms. The second-order valence-corrected chi connectivity index (χ2v) is 9.09. The minimum atomic E-state index is -3.54. The maximum absolute atomic E-state index is 12.4. The van der Waals surface area contributed by atoms with Gasteiger partial charge in [-0.3, -0.25) is 4.79 Å². The van der Waals surface area contributed by atoms with Crippen LogP contribution in [-0.2, 0) is 21.2 Å². The van der Waals surface area contributed by atoms with Crippen molar-refractivity contribution in [3.63, 3.8) is 0 Å². The number of nitrogens with zero attached hydrogens (tertiary/aromatic N) is 1. The first-order valence-corrected chi connectivity index (χ1v) is 10.8. The highest BCUT2D eigenvalue weighted by molar-refractivity contribution is 7.89. The summed E-state index contributed by atoms with van der Waals surface area (Å²) in [6.45, 7) is 3.95. The van der Waals surface area contributed by atoms with E-state index in [2.05, 4.69) is 17.6 Å². The molecule has 2 aromatic rings. The number of carbonyl (C=O) groups excluding carboxylic acids is 1. The first kappa shape index (κ1) is 21.9. The Morgan fingerprint density at radius 2 is 1.68 bits per heavy atom. The maximum atomic E-state index is 12.4. The number of nitrogens with one attached hydrogen (secondary N) is 2. The molecule has 0 unspecified atom stereocenters. The van der Waals surface area contributed by atoms with E-state index in [1.807, 2.05) is 24.3 Å². The third kappa shape index (κ3) is 5.81. The van der Waals surface area contributed by atoms with Crippen LogP contribution < -0.4 is 10.6 Å². The molecule has 0 fully saturated rings. The van der Waals surface area contributed by atoms with Crippen molar-refractivity contribution in [2.75, 3.05) is 31.3 Å². The van der Waals surface area contributed by atoms with E-state index >= 15 is 0 Å². The van der Waals surface area contributed by atoms with Crippen LogP contribution in [0.15, 0.2) is 47.4 Å². The second-order valence-electron chi connectivity index (χ2n) is 6.97. The van der Waals surface area contributed by atoms with Gasteiger partial charge in [-0.2, -0.15) is 0 Å². The van der Waals surface area contributed by atoms with Crippen molar-refractivity contribution in [3.8, 4) is 0 Å². The number of hydrogen-bond acceptors (Lipinski definition) is 4. The molecule has 0 saturated heterocycles. The SMILES string of the molecule is CCCCc1ccc(NC(=O)CNc2ccc(C)c(S(=O)(=O)N(C)C)c2)cc1. The van der Waals surface area contributed by atoms with Gasteiger partial charge in [0.15, 0.2) is 0 Å². The summed E-state index contributed by atoms with van der Waals surface area (Å²) in [5.74, 6) is -0.195. The van der Waals surface area contributed by atoms with Gasteiger partial charge < -0.3 is 10.6 Å². The first-order chi connectivity index (χ1) is 13.2. The highest BCUT2D eigenvalue weighted by atomic mass is 32.2. The molecule has 6 nitrogen and oxygen atoms in total. The van der Waals surface area contributed by atoms with Crippen molar-refractivity contribution in [2.45, 2.75) is 38.0 Å². The zero-order valence-electron chi connectivity index (χ0n) is 17.0. The number of sulfonamides is 1. The smallest absolute Gasteiger partial charge is 0.243 e. The zero-order chi connectivity index (χ0) is 20.7. The lowest BCUT2D eigenvalue weighted by Crippen LogP contribution is -2.24. The monoisotopic (exact) mass is 403 g/mol. The van der Waals surface area contributed by atoms with Crippen molar-refractivity contribution < 1.29 is 13.2 Å². The highest BCUT2D eigenvalue weighted by Crippen LogP contribution is 2.22. The fraction of sp³-hybridized carbons (Fsp3) is 0.381. The number of rotatable bonds is 9. The third-order valence-corrected chi connectivity index (χ3v) is 6.41. The number of benzene rings is 2. The van der Waals surface area contributed by atoms with Gasteiger partial charge in [0.05, 0.1) is 11.4 Å². The molecular weight excluding hydrogens is 374 g/mol. The summed E-state index contributed by atoms with van der Waals surface area (Å²) in [5, 5.41) is 5.83. The minimum Gasteiger partial charge on any atom is -0.376 e. The van der Waals surface area contributed by atoms with Crippen molar-refractivity contribution in [2.24, 2.45) is 0 Å². The van der Waals surface area contributed by atoms with Crippen LogP contribution in [0.25, 0.3) is 0 Å². The van der Waals surface area contributed by atoms with E-state index in [0.29, 0.717) is 11.3 Å². The zero-order valence-corrected chi connectivity index (χ0v) is 17.8. The number of hydrogen-bond donors (Lipinski definition) is 2. The van der Waals surface area contributed by atoms with Crippen LogP contribution in [0.1, 0.15) is 30.9 Å². The summed E-state index contributed by atoms with van der Waals surface area (Å²) in [6, 6.07) is 12.9. The lowest BCUT2D eigenvalue weighted by molar-refractivity contribution is -0.114. The van der Waals surface area contributed by atoms with E-state index in [-0.39, 0.29) is 17.3 Å². The fourth-order valence-corrected chi connectivity index (χ4v) is 3.85. The van der Waals surface area contributed by atoms with Crippen molar-refractivity contribution in [1.82, 2.24) is 4.31 Å². The van der Waals surface area contributed by atoms with Gasteiger partial charge >= 0.3 is 0 Å². The molecule has 28 heavy (non-hydrogen) atoms. The number of unbranched alkanes of at least 4 members (excludes halogenated alkanes) is 1. The van der Waals surface area contributed by atoms with E-state index in [1.54, 1.807) is 25.1 Å². The molecule has 0 atom stereocenters. The molecule has 0 aliphatic carbocycles. The molecule has 152 valence electrons. The molecule has 2 aromatic carbocycles. The molecule has 0 aliphatic heterocycles. The Hall–Kier alpha value is -2.38. The van der Waals surface area contributed by atoms with Gasteiger partial charge in [0, 0.05) is 25.5 Å². The predicted molar refractivity (Wildman–Crippen MR) is 114 cm³/mol. The molecule has 0 aliphatic rings. The quantitative estimate of drug-likeness (QED) is 0.670. The summed E-state index contributed by atoms with van der Waals surface area (Å²) >= 11 is 0. The third-order valence-electron chi connectivity index (χ3n) is 4.46. The van der Waals surface area contributed by atoms with E-state index in [4.69, 9.17) is 0 Å². The lowest BCUT2D eigenvalue weighted by atomic mass is 10.1. The molecule has 2 rings (SSSR count). The average Bonchev–Trinajstić information content (AvgIpc) is 2.66. The average molecular weight is 404 g/mol. The van der Waals surface area contributed by atoms with Crippen LogP contribution in [0.4, 0.5) is 11.4 Å². The van der Waals surface area contributed by atoms with Crippen LogP contribution in [0.3, 0.4) is 0 Å². The van der Waals surface area contributed by atoms with Crippen molar-refractivity contribution >= 4 is 27.3 Å². The van der Waals surface area contributed by atoms with Gasteiger partial charge in [-0.25, -0.2) is 12.7 Å². The summed E-state index contributed by atoms with van der Waals surface area (Å²) in [5.41, 5.74) is 3.24. The normalized spacial score (nSPS) is 11.5. The van der Waals surface area contributed by atoms with Gasteiger partial charge in [-0.05, 0) is 55.2 Å². The van der Waals surface area contributed by atoms with Crippen LogP contribution in [0.2, 0.25) is 0 Å². The molecule has 0 saturated carbocycles. The number of anilines is 2. The van der Waals surface area contributed by atoms with Gasteiger partial charge in [-0.15, -0.1) is 0 Å². The fourth-order valence-electron chi connectivity index (χ4n) is 2.71. The molecule has 0 radical (unpaired) electrons. The summed E-state index contributed by atoms with van der Waals surface area (Å²) < 4.78 is 26.0. The summed E-state index contributed by atoms with van der Waals surface area (Å²) in [4.78, 5) is 12.4. The standard InChI is InChI=1S/C21H29N3O3S/c1-5-6-7-17-9-12-18(13-10-17)23-21(25)15-22-19-11-8-16(2)20(14-19)28(26,27)24(3)4/h8-14,22H,5-7,15H2,1-4H3,(H,23,25). The molecule has 2 N–H and O–H groups in total. The van der Waals surface area contributed by atoms with Crippen LogP contribution in [0.5, 0.6) is 0 Å². The topological polar surface area (TPSA) is 78.5 Å². The molecule has 1 amide bonds.